The van der Waals surface area contributed by atoms with Crippen LogP contribution in [-0.4, -0.2) is 71.9 Å². The average Bonchev–Trinajstić information content (AvgIpc) is 3.15. The van der Waals surface area contributed by atoms with Crippen LogP contribution in [0.4, 0.5) is 0 Å². The van der Waals surface area contributed by atoms with Gasteiger partial charge in [0.1, 0.15) is 11.4 Å². The second kappa shape index (κ2) is 10.8. The molecule has 0 spiro atoms. The van der Waals surface area contributed by atoms with Crippen molar-refractivity contribution in [2.75, 3.05) is 46.4 Å². The topological polar surface area (TPSA) is 62.6 Å². The van der Waals surface area contributed by atoms with Crippen LogP contribution in [0.15, 0.2) is 36.5 Å². The highest BCUT2D eigenvalue weighted by atomic mass is 35.5. The fraction of sp³-hybridized carbons (Fsp3) is 0.545. The van der Waals surface area contributed by atoms with Gasteiger partial charge in [-0.2, -0.15) is 5.10 Å². The van der Waals surface area contributed by atoms with Crippen molar-refractivity contribution < 1.29 is 9.53 Å². The van der Waals surface area contributed by atoms with Crippen molar-refractivity contribution >= 4 is 18.3 Å². The van der Waals surface area contributed by atoms with Crippen LogP contribution in [0.5, 0.6) is 5.75 Å². The van der Waals surface area contributed by atoms with Crippen LogP contribution >= 0.6 is 12.4 Å². The number of nitrogens with one attached hydrogen (secondary N) is 1. The van der Waals surface area contributed by atoms with Gasteiger partial charge in [-0.3, -0.25) is 14.4 Å². The molecule has 4 rings (SSSR count). The Morgan fingerprint density at radius 3 is 2.70 bits per heavy atom. The van der Waals surface area contributed by atoms with Gasteiger partial charge in [-0.05, 0) is 49.6 Å². The van der Waals surface area contributed by atoms with Gasteiger partial charge in [0, 0.05) is 45.5 Å². The van der Waals surface area contributed by atoms with Crippen LogP contribution < -0.4 is 10.1 Å². The zero-order valence-corrected chi connectivity index (χ0v) is 18.4. The predicted octanol–water partition coefficient (Wildman–Crippen LogP) is 2.59. The first-order valence-corrected chi connectivity index (χ1v) is 10.6. The van der Waals surface area contributed by atoms with E-state index in [1.165, 1.54) is 5.56 Å². The zero-order chi connectivity index (χ0) is 20.1. The standard InChI is InChI=1S/C22H31N5O2.ClH/c1-29-20-7-5-18(6-8-20)17-25-11-3-12-26(15-14-25)22(28)21-9-13-27(24-21)19-4-2-10-23-16-19;/h5-9,13,19,23H,2-4,10-12,14-17H2,1H3;1H. The summed E-state index contributed by atoms with van der Waals surface area (Å²) in [6.45, 7) is 6.31. The zero-order valence-electron chi connectivity index (χ0n) is 17.6. The largest absolute Gasteiger partial charge is 0.497 e. The summed E-state index contributed by atoms with van der Waals surface area (Å²) in [5, 5.41) is 8.01. The molecule has 0 aliphatic carbocycles. The maximum Gasteiger partial charge on any atom is 0.274 e. The molecule has 2 fully saturated rings. The second-order valence-electron chi connectivity index (χ2n) is 7.95. The van der Waals surface area contributed by atoms with Crippen LogP contribution in [0.3, 0.4) is 0 Å². The summed E-state index contributed by atoms with van der Waals surface area (Å²) in [6.07, 6.45) is 5.21. The van der Waals surface area contributed by atoms with Crippen molar-refractivity contribution in [2.45, 2.75) is 31.8 Å². The van der Waals surface area contributed by atoms with Crippen LogP contribution in [0, 0.1) is 0 Å². The molecule has 1 N–H and O–H groups in total. The number of benzene rings is 1. The van der Waals surface area contributed by atoms with Gasteiger partial charge in [-0.1, -0.05) is 12.1 Å². The van der Waals surface area contributed by atoms with Gasteiger partial charge in [0.05, 0.1) is 13.2 Å². The Hall–Kier alpha value is -2.09. The molecule has 8 heteroatoms. The molecule has 2 aliphatic rings. The van der Waals surface area contributed by atoms with Gasteiger partial charge in [0.2, 0.25) is 0 Å². The highest BCUT2D eigenvalue weighted by Gasteiger charge is 2.23. The minimum Gasteiger partial charge on any atom is -0.497 e. The summed E-state index contributed by atoms with van der Waals surface area (Å²) in [6, 6.07) is 10.5. The molecule has 0 bridgehead atoms. The van der Waals surface area contributed by atoms with E-state index >= 15 is 0 Å². The first-order valence-electron chi connectivity index (χ1n) is 10.6. The van der Waals surface area contributed by atoms with E-state index in [1.807, 2.05) is 34.0 Å². The van der Waals surface area contributed by atoms with Crippen LogP contribution in [-0.2, 0) is 6.54 Å². The summed E-state index contributed by atoms with van der Waals surface area (Å²) in [7, 11) is 1.69. The second-order valence-corrected chi connectivity index (χ2v) is 7.95. The number of halogens is 1. The fourth-order valence-corrected chi connectivity index (χ4v) is 4.20. The average molecular weight is 434 g/mol. The third-order valence-electron chi connectivity index (χ3n) is 5.91. The Morgan fingerprint density at radius 1 is 1.13 bits per heavy atom. The number of rotatable bonds is 5. The lowest BCUT2D eigenvalue weighted by atomic mass is 10.1. The number of piperidine rings is 1. The summed E-state index contributed by atoms with van der Waals surface area (Å²) >= 11 is 0. The number of carbonyl (C=O) groups is 1. The fourth-order valence-electron chi connectivity index (χ4n) is 4.20. The Labute approximate surface area is 184 Å². The van der Waals surface area contributed by atoms with E-state index in [-0.39, 0.29) is 18.3 Å². The van der Waals surface area contributed by atoms with Crippen LogP contribution in [0.25, 0.3) is 0 Å². The van der Waals surface area contributed by atoms with Crippen LogP contribution in [0.2, 0.25) is 0 Å². The van der Waals surface area contributed by atoms with E-state index in [0.29, 0.717) is 11.7 Å². The number of hydrogen-bond donors (Lipinski definition) is 1. The van der Waals surface area contributed by atoms with Gasteiger partial charge in [0.15, 0.2) is 0 Å². The van der Waals surface area contributed by atoms with Gasteiger partial charge in [-0.15, -0.1) is 12.4 Å². The lowest BCUT2D eigenvalue weighted by molar-refractivity contribution is 0.0753. The Bertz CT molecular complexity index is 804. The Kier molecular flexibility index (Phi) is 8.13. The SMILES string of the molecule is COc1ccc(CN2CCCN(C(=O)c3ccn(C4CCCNC4)n3)CC2)cc1.Cl. The van der Waals surface area contributed by atoms with E-state index < -0.39 is 0 Å². The molecule has 0 saturated carbocycles. The van der Waals surface area contributed by atoms with Crippen molar-refractivity contribution in [2.24, 2.45) is 0 Å². The molecule has 1 unspecified atom stereocenters. The molecule has 164 valence electrons. The maximum absolute atomic E-state index is 13.0. The molecule has 1 aromatic carbocycles. The molecule has 1 amide bonds. The number of methoxy groups -OCH3 is 1. The van der Waals surface area contributed by atoms with Gasteiger partial charge < -0.3 is 15.0 Å². The van der Waals surface area contributed by atoms with Gasteiger partial charge in [-0.25, -0.2) is 0 Å². The normalized spacial score (nSPS) is 20.3. The molecule has 1 atom stereocenters. The van der Waals surface area contributed by atoms with Crippen molar-refractivity contribution in [3.05, 3.63) is 47.8 Å². The van der Waals surface area contributed by atoms with E-state index in [2.05, 4.69) is 27.4 Å². The van der Waals surface area contributed by atoms with E-state index in [1.54, 1.807) is 7.11 Å². The smallest absolute Gasteiger partial charge is 0.274 e. The highest BCUT2D eigenvalue weighted by Crippen LogP contribution is 2.18. The maximum atomic E-state index is 13.0. The molecule has 3 heterocycles. The third kappa shape index (κ3) is 5.53. The van der Waals surface area contributed by atoms with E-state index in [0.717, 1.165) is 70.8 Å². The molecule has 2 aromatic rings. The third-order valence-corrected chi connectivity index (χ3v) is 5.91. The summed E-state index contributed by atoms with van der Waals surface area (Å²) in [5.74, 6) is 0.934. The molecule has 30 heavy (non-hydrogen) atoms. The molecular formula is C22H32ClN5O2. The summed E-state index contributed by atoms with van der Waals surface area (Å²) in [5.41, 5.74) is 1.84. The molecule has 0 radical (unpaired) electrons. The minimum absolute atomic E-state index is 0. The monoisotopic (exact) mass is 433 g/mol. The molecule has 2 saturated heterocycles. The van der Waals surface area contributed by atoms with Gasteiger partial charge in [0.25, 0.3) is 5.91 Å². The highest BCUT2D eigenvalue weighted by molar-refractivity contribution is 5.92. The van der Waals surface area contributed by atoms with Crippen molar-refractivity contribution in [3.63, 3.8) is 0 Å². The van der Waals surface area contributed by atoms with Crippen molar-refractivity contribution in [1.82, 2.24) is 24.9 Å². The number of hydrogen-bond acceptors (Lipinski definition) is 5. The molecule has 2 aliphatic heterocycles. The first-order chi connectivity index (χ1) is 14.2. The Morgan fingerprint density at radius 2 is 1.97 bits per heavy atom. The quantitative estimate of drug-likeness (QED) is 0.785. The van der Waals surface area contributed by atoms with E-state index in [9.17, 15) is 4.79 Å². The molecular weight excluding hydrogens is 402 g/mol. The summed E-state index contributed by atoms with van der Waals surface area (Å²) in [4.78, 5) is 17.4. The molecule has 7 nitrogen and oxygen atoms in total. The predicted molar refractivity (Wildman–Crippen MR) is 119 cm³/mol. The lowest BCUT2D eigenvalue weighted by Crippen LogP contribution is -2.35. The number of nitrogens with zero attached hydrogens (tertiary/aromatic N) is 4. The number of amides is 1. The van der Waals surface area contributed by atoms with Crippen molar-refractivity contribution in [1.29, 1.82) is 0 Å². The minimum atomic E-state index is 0. The van der Waals surface area contributed by atoms with Crippen molar-refractivity contribution in [3.8, 4) is 5.75 Å². The first kappa shape index (κ1) is 22.6. The Balaban J connectivity index is 0.00000256. The number of ether oxygens (including phenoxy) is 1. The van der Waals surface area contributed by atoms with E-state index in [4.69, 9.17) is 4.74 Å². The number of carbonyl (C=O) groups excluding carboxylic acids is 1. The number of aromatic nitrogens is 2. The summed E-state index contributed by atoms with van der Waals surface area (Å²) < 4.78 is 7.20. The molecule has 1 aromatic heterocycles. The lowest BCUT2D eigenvalue weighted by Gasteiger charge is -2.23. The van der Waals surface area contributed by atoms with Crippen LogP contribution in [0.1, 0.15) is 41.4 Å². The van der Waals surface area contributed by atoms with Gasteiger partial charge >= 0.3 is 0 Å².